The standard InChI is InChI=1S/C25H24ClN3O3S/c1-5-32-24(31)21-15(2)27-25-29(22(21)18-8-6-7-9-19(18)26)23(30)20(33-25)14-16-10-12-17(13-11-16)28(3)4/h6-14,22H,5H2,1-4H3/b20-14-. The second-order valence-electron chi connectivity index (χ2n) is 7.81. The van der Waals surface area contributed by atoms with Crippen LogP contribution in [0.25, 0.3) is 6.08 Å². The molecule has 0 saturated heterocycles. The summed E-state index contributed by atoms with van der Waals surface area (Å²) in [7, 11) is 3.95. The average Bonchev–Trinajstić information content (AvgIpc) is 3.08. The van der Waals surface area contributed by atoms with Crippen molar-refractivity contribution in [3.8, 4) is 0 Å². The summed E-state index contributed by atoms with van der Waals surface area (Å²) >= 11 is 7.81. The Hall–Kier alpha value is -3.16. The van der Waals surface area contributed by atoms with Crippen molar-refractivity contribution in [2.75, 3.05) is 25.6 Å². The molecule has 0 bridgehead atoms. The van der Waals surface area contributed by atoms with Crippen LogP contribution in [0.3, 0.4) is 0 Å². The van der Waals surface area contributed by atoms with Crippen LogP contribution in [-0.4, -0.2) is 31.2 Å². The second-order valence-corrected chi connectivity index (χ2v) is 9.23. The third kappa shape index (κ3) is 4.38. The van der Waals surface area contributed by atoms with Gasteiger partial charge in [0.25, 0.3) is 5.56 Å². The number of allylic oxidation sites excluding steroid dienone is 1. The van der Waals surface area contributed by atoms with Crippen LogP contribution < -0.4 is 19.8 Å². The maximum atomic E-state index is 13.6. The van der Waals surface area contributed by atoms with E-state index < -0.39 is 12.0 Å². The first-order chi connectivity index (χ1) is 15.8. The number of benzene rings is 2. The lowest BCUT2D eigenvalue weighted by molar-refractivity contribution is -0.139. The lowest BCUT2D eigenvalue weighted by atomic mass is 9.96. The number of anilines is 1. The van der Waals surface area contributed by atoms with Gasteiger partial charge in [-0.3, -0.25) is 9.36 Å². The van der Waals surface area contributed by atoms with Crippen LogP contribution in [-0.2, 0) is 9.53 Å². The van der Waals surface area contributed by atoms with Crippen LogP contribution in [0.2, 0.25) is 5.02 Å². The third-order valence-electron chi connectivity index (χ3n) is 5.42. The summed E-state index contributed by atoms with van der Waals surface area (Å²) in [6.07, 6.45) is 1.84. The zero-order chi connectivity index (χ0) is 23.7. The number of hydrogen-bond donors (Lipinski definition) is 0. The molecule has 0 aliphatic carbocycles. The van der Waals surface area contributed by atoms with Crippen molar-refractivity contribution in [3.63, 3.8) is 0 Å². The van der Waals surface area contributed by atoms with Crippen molar-refractivity contribution >= 4 is 40.7 Å². The molecule has 1 aliphatic heterocycles. The van der Waals surface area contributed by atoms with E-state index in [1.54, 1.807) is 24.5 Å². The quantitative estimate of drug-likeness (QED) is 0.523. The molecule has 1 aromatic heterocycles. The molecule has 8 heteroatoms. The van der Waals surface area contributed by atoms with Gasteiger partial charge in [-0.15, -0.1) is 0 Å². The van der Waals surface area contributed by atoms with E-state index in [1.165, 1.54) is 11.3 Å². The van der Waals surface area contributed by atoms with Crippen molar-refractivity contribution in [2.45, 2.75) is 19.9 Å². The van der Waals surface area contributed by atoms with Crippen molar-refractivity contribution in [1.82, 2.24) is 4.57 Å². The third-order valence-corrected chi connectivity index (χ3v) is 6.75. The molecular formula is C25H24ClN3O3S. The molecule has 0 N–H and O–H groups in total. The molecule has 1 atom stereocenters. The zero-order valence-corrected chi connectivity index (χ0v) is 20.4. The van der Waals surface area contributed by atoms with E-state index in [-0.39, 0.29) is 12.2 Å². The van der Waals surface area contributed by atoms with E-state index >= 15 is 0 Å². The molecule has 2 aromatic carbocycles. The molecule has 0 radical (unpaired) electrons. The lowest BCUT2D eigenvalue weighted by Gasteiger charge is -2.25. The SMILES string of the molecule is CCOC(=O)C1=C(C)N=c2s/c(=C\c3ccc(N(C)C)cc3)c(=O)n2C1c1ccccc1Cl. The van der Waals surface area contributed by atoms with Crippen molar-refractivity contribution in [2.24, 2.45) is 4.99 Å². The van der Waals surface area contributed by atoms with Gasteiger partial charge in [0.1, 0.15) is 6.04 Å². The number of halogens is 1. The fourth-order valence-electron chi connectivity index (χ4n) is 3.80. The van der Waals surface area contributed by atoms with Crippen molar-refractivity contribution in [1.29, 1.82) is 0 Å². The van der Waals surface area contributed by atoms with Gasteiger partial charge in [-0.1, -0.05) is 53.3 Å². The molecule has 170 valence electrons. The topological polar surface area (TPSA) is 63.9 Å². The van der Waals surface area contributed by atoms with Crippen LogP contribution in [0.5, 0.6) is 0 Å². The molecule has 3 aromatic rings. The first kappa shape index (κ1) is 23.0. The van der Waals surface area contributed by atoms with Gasteiger partial charge in [0, 0.05) is 24.8 Å². The maximum Gasteiger partial charge on any atom is 0.338 e. The van der Waals surface area contributed by atoms with Crippen LogP contribution in [0.4, 0.5) is 5.69 Å². The molecule has 1 aliphatic rings. The number of hydrogen-bond acceptors (Lipinski definition) is 6. The summed E-state index contributed by atoms with van der Waals surface area (Å²) < 4.78 is 7.38. The van der Waals surface area contributed by atoms with E-state index in [2.05, 4.69) is 4.99 Å². The van der Waals surface area contributed by atoms with Gasteiger partial charge in [0.2, 0.25) is 0 Å². The number of ether oxygens (including phenoxy) is 1. The molecule has 0 saturated carbocycles. The van der Waals surface area contributed by atoms with Crippen LogP contribution >= 0.6 is 22.9 Å². The molecule has 0 amide bonds. The molecule has 4 rings (SSSR count). The molecule has 0 fully saturated rings. The van der Waals surface area contributed by atoms with E-state index in [9.17, 15) is 9.59 Å². The molecule has 0 spiro atoms. The summed E-state index contributed by atoms with van der Waals surface area (Å²) in [5.41, 5.74) is 3.23. The first-order valence-corrected chi connectivity index (χ1v) is 11.7. The number of thiazole rings is 1. The van der Waals surface area contributed by atoms with E-state index in [1.807, 2.05) is 67.5 Å². The minimum absolute atomic E-state index is 0.220. The number of rotatable bonds is 5. The van der Waals surface area contributed by atoms with Crippen molar-refractivity contribution < 1.29 is 9.53 Å². The highest BCUT2D eigenvalue weighted by Gasteiger charge is 2.34. The number of fused-ring (bicyclic) bond motifs is 1. The minimum atomic E-state index is -0.715. The summed E-state index contributed by atoms with van der Waals surface area (Å²) in [4.78, 5) is 33.6. The number of esters is 1. The summed E-state index contributed by atoms with van der Waals surface area (Å²) in [6.45, 7) is 3.72. The van der Waals surface area contributed by atoms with Gasteiger partial charge in [0.15, 0.2) is 4.80 Å². The summed E-state index contributed by atoms with van der Waals surface area (Å²) in [5.74, 6) is -0.503. The zero-order valence-electron chi connectivity index (χ0n) is 18.8. The normalized spacial score (nSPS) is 15.8. The predicted molar refractivity (Wildman–Crippen MR) is 133 cm³/mol. The highest BCUT2D eigenvalue weighted by molar-refractivity contribution is 7.07. The molecule has 2 heterocycles. The Kier molecular flexibility index (Phi) is 6.54. The number of aromatic nitrogens is 1. The maximum absolute atomic E-state index is 13.6. The highest BCUT2D eigenvalue weighted by atomic mass is 35.5. The van der Waals surface area contributed by atoms with Gasteiger partial charge in [0.05, 0.1) is 22.4 Å². The van der Waals surface area contributed by atoms with Gasteiger partial charge in [-0.2, -0.15) is 0 Å². The Labute approximate surface area is 200 Å². The molecular weight excluding hydrogens is 458 g/mol. The first-order valence-electron chi connectivity index (χ1n) is 10.5. The Morgan fingerprint density at radius 1 is 1.21 bits per heavy atom. The number of carbonyl (C=O) groups is 1. The Morgan fingerprint density at radius 3 is 2.55 bits per heavy atom. The monoisotopic (exact) mass is 481 g/mol. The number of carbonyl (C=O) groups excluding carboxylic acids is 1. The van der Waals surface area contributed by atoms with Crippen molar-refractivity contribution in [3.05, 3.63) is 95.6 Å². The predicted octanol–water partition coefficient (Wildman–Crippen LogP) is 3.52. The largest absolute Gasteiger partial charge is 0.463 e. The fourth-order valence-corrected chi connectivity index (χ4v) is 5.09. The molecule has 1 unspecified atom stereocenters. The lowest BCUT2D eigenvalue weighted by Crippen LogP contribution is -2.40. The van der Waals surface area contributed by atoms with Crippen LogP contribution in [0.15, 0.2) is 69.6 Å². The summed E-state index contributed by atoms with van der Waals surface area (Å²) in [5, 5.41) is 0.466. The molecule has 33 heavy (non-hydrogen) atoms. The number of nitrogens with zero attached hydrogens (tertiary/aromatic N) is 3. The van der Waals surface area contributed by atoms with Crippen LogP contribution in [0, 0.1) is 0 Å². The van der Waals surface area contributed by atoms with E-state index in [0.717, 1.165) is 11.3 Å². The van der Waals surface area contributed by atoms with E-state index in [4.69, 9.17) is 16.3 Å². The fraction of sp³-hybridized carbons (Fsp3) is 0.240. The Bertz CT molecular complexity index is 1420. The summed E-state index contributed by atoms with van der Waals surface area (Å²) in [6, 6.07) is 14.4. The molecule has 6 nitrogen and oxygen atoms in total. The smallest absolute Gasteiger partial charge is 0.338 e. The van der Waals surface area contributed by atoms with Gasteiger partial charge in [-0.25, -0.2) is 9.79 Å². The highest BCUT2D eigenvalue weighted by Crippen LogP contribution is 2.34. The Balaban J connectivity index is 1.92. The average molecular weight is 482 g/mol. The van der Waals surface area contributed by atoms with E-state index in [0.29, 0.717) is 31.2 Å². The minimum Gasteiger partial charge on any atom is -0.463 e. The Morgan fingerprint density at radius 2 is 1.91 bits per heavy atom. The van der Waals surface area contributed by atoms with Gasteiger partial charge in [-0.05, 0) is 49.2 Å². The second kappa shape index (κ2) is 9.37. The van der Waals surface area contributed by atoms with Gasteiger partial charge < -0.3 is 9.64 Å². The van der Waals surface area contributed by atoms with Gasteiger partial charge >= 0.3 is 5.97 Å². The van der Waals surface area contributed by atoms with Crippen LogP contribution in [0.1, 0.15) is 31.0 Å².